The lowest BCUT2D eigenvalue weighted by Crippen LogP contribution is -2.25. The van der Waals surface area contributed by atoms with E-state index in [2.05, 4.69) is 18.7 Å². The van der Waals surface area contributed by atoms with E-state index in [4.69, 9.17) is 0 Å². The molecule has 0 heterocycles. The smallest absolute Gasteiger partial charge is 0.127 e. The molecule has 0 N–H and O–H groups in total. The molecule has 0 saturated carbocycles. The molecular formula is C11H16FN. The van der Waals surface area contributed by atoms with Crippen molar-refractivity contribution in [2.45, 2.75) is 26.4 Å². The Labute approximate surface area is 79.2 Å². The first-order valence-corrected chi connectivity index (χ1v) is 4.55. The van der Waals surface area contributed by atoms with Gasteiger partial charge in [0.25, 0.3) is 0 Å². The van der Waals surface area contributed by atoms with Crippen LogP contribution in [0.15, 0.2) is 24.3 Å². The number of hydrogen-bond acceptors (Lipinski definition) is 1. The predicted molar refractivity (Wildman–Crippen MR) is 53.0 cm³/mol. The Balaban J connectivity index is 2.69. The van der Waals surface area contributed by atoms with Crippen LogP contribution in [0.25, 0.3) is 0 Å². The van der Waals surface area contributed by atoms with E-state index in [-0.39, 0.29) is 5.82 Å². The minimum atomic E-state index is -0.116. The van der Waals surface area contributed by atoms with Gasteiger partial charge in [-0.3, -0.25) is 4.90 Å². The molecule has 0 unspecified atom stereocenters. The molecule has 1 aromatic carbocycles. The van der Waals surface area contributed by atoms with Gasteiger partial charge in [-0.25, -0.2) is 4.39 Å². The summed E-state index contributed by atoms with van der Waals surface area (Å²) in [4.78, 5) is 2.11. The molecular weight excluding hydrogens is 165 g/mol. The monoisotopic (exact) mass is 181 g/mol. The van der Waals surface area contributed by atoms with Crippen molar-refractivity contribution >= 4 is 0 Å². The molecule has 0 bridgehead atoms. The van der Waals surface area contributed by atoms with Gasteiger partial charge in [-0.2, -0.15) is 0 Å². The van der Waals surface area contributed by atoms with Gasteiger partial charge in [-0.1, -0.05) is 18.2 Å². The van der Waals surface area contributed by atoms with Gasteiger partial charge < -0.3 is 0 Å². The first kappa shape index (κ1) is 10.2. The lowest BCUT2D eigenvalue weighted by molar-refractivity contribution is 0.262. The molecule has 0 amide bonds. The van der Waals surface area contributed by atoms with Crippen LogP contribution in [0.4, 0.5) is 4.39 Å². The van der Waals surface area contributed by atoms with Gasteiger partial charge in [-0.15, -0.1) is 0 Å². The number of benzene rings is 1. The first-order valence-electron chi connectivity index (χ1n) is 4.55. The SMILES string of the molecule is CC(C)N(C)Cc1ccccc1F. The van der Waals surface area contributed by atoms with Crippen LogP contribution in [0.3, 0.4) is 0 Å². The fraction of sp³-hybridized carbons (Fsp3) is 0.455. The van der Waals surface area contributed by atoms with E-state index >= 15 is 0 Å². The Morgan fingerprint density at radius 2 is 1.92 bits per heavy atom. The number of hydrogen-bond donors (Lipinski definition) is 0. The van der Waals surface area contributed by atoms with Crippen molar-refractivity contribution in [1.29, 1.82) is 0 Å². The average molecular weight is 181 g/mol. The summed E-state index contributed by atoms with van der Waals surface area (Å²) in [5.41, 5.74) is 0.763. The fourth-order valence-corrected chi connectivity index (χ4v) is 1.08. The molecule has 1 nitrogen and oxygen atoms in total. The summed E-state index contributed by atoms with van der Waals surface area (Å²) in [6.45, 7) is 4.87. The van der Waals surface area contributed by atoms with E-state index in [0.29, 0.717) is 12.6 Å². The molecule has 0 spiro atoms. The Kier molecular flexibility index (Phi) is 3.43. The summed E-state index contributed by atoms with van der Waals surface area (Å²) >= 11 is 0. The third-order valence-corrected chi connectivity index (χ3v) is 2.26. The molecule has 0 aromatic heterocycles. The van der Waals surface area contributed by atoms with Crippen LogP contribution in [0.1, 0.15) is 19.4 Å². The highest BCUT2D eigenvalue weighted by molar-refractivity contribution is 5.16. The summed E-state index contributed by atoms with van der Waals surface area (Å²) in [6.07, 6.45) is 0. The maximum atomic E-state index is 13.2. The van der Waals surface area contributed by atoms with Crippen molar-refractivity contribution in [3.63, 3.8) is 0 Å². The van der Waals surface area contributed by atoms with Crippen molar-refractivity contribution in [2.24, 2.45) is 0 Å². The zero-order chi connectivity index (χ0) is 9.84. The summed E-state index contributed by atoms with van der Waals surface area (Å²) in [5, 5.41) is 0. The van der Waals surface area contributed by atoms with Gasteiger partial charge >= 0.3 is 0 Å². The van der Waals surface area contributed by atoms with Gasteiger partial charge in [0.1, 0.15) is 5.82 Å². The molecule has 0 aliphatic rings. The maximum absolute atomic E-state index is 13.2. The molecule has 72 valence electrons. The van der Waals surface area contributed by atoms with E-state index in [1.54, 1.807) is 6.07 Å². The van der Waals surface area contributed by atoms with Gasteiger partial charge in [0.2, 0.25) is 0 Å². The largest absolute Gasteiger partial charge is 0.300 e. The Morgan fingerprint density at radius 1 is 1.31 bits per heavy atom. The number of rotatable bonds is 3. The molecule has 2 heteroatoms. The zero-order valence-corrected chi connectivity index (χ0v) is 8.42. The Bertz CT molecular complexity index is 271. The minimum absolute atomic E-state index is 0.116. The highest BCUT2D eigenvalue weighted by Gasteiger charge is 2.06. The molecule has 1 rings (SSSR count). The van der Waals surface area contributed by atoms with E-state index in [0.717, 1.165) is 5.56 Å². The molecule has 0 atom stereocenters. The van der Waals surface area contributed by atoms with E-state index < -0.39 is 0 Å². The van der Waals surface area contributed by atoms with Gasteiger partial charge in [-0.05, 0) is 27.0 Å². The van der Waals surface area contributed by atoms with Gasteiger partial charge in [0.05, 0.1) is 0 Å². The van der Waals surface area contributed by atoms with Crippen LogP contribution >= 0.6 is 0 Å². The van der Waals surface area contributed by atoms with E-state index in [1.807, 2.05) is 19.2 Å². The zero-order valence-electron chi connectivity index (χ0n) is 8.42. The summed E-state index contributed by atoms with van der Waals surface area (Å²) < 4.78 is 13.2. The molecule has 1 aromatic rings. The highest BCUT2D eigenvalue weighted by Crippen LogP contribution is 2.10. The molecule has 0 saturated heterocycles. The van der Waals surface area contributed by atoms with E-state index in [9.17, 15) is 4.39 Å². The van der Waals surface area contributed by atoms with Crippen LogP contribution in [0, 0.1) is 5.82 Å². The summed E-state index contributed by atoms with van der Waals surface area (Å²) in [5.74, 6) is -0.116. The van der Waals surface area contributed by atoms with Crippen molar-refractivity contribution in [3.8, 4) is 0 Å². The van der Waals surface area contributed by atoms with Crippen molar-refractivity contribution in [1.82, 2.24) is 4.90 Å². The van der Waals surface area contributed by atoms with Crippen LogP contribution in [-0.4, -0.2) is 18.0 Å². The summed E-state index contributed by atoms with van der Waals surface area (Å²) in [6, 6.07) is 7.36. The van der Waals surface area contributed by atoms with Gasteiger partial charge in [0, 0.05) is 18.2 Å². The maximum Gasteiger partial charge on any atom is 0.127 e. The second-order valence-corrected chi connectivity index (χ2v) is 3.60. The van der Waals surface area contributed by atoms with Gasteiger partial charge in [0.15, 0.2) is 0 Å². The van der Waals surface area contributed by atoms with Crippen molar-refractivity contribution < 1.29 is 4.39 Å². The predicted octanol–water partition coefficient (Wildman–Crippen LogP) is 2.67. The Hall–Kier alpha value is -0.890. The van der Waals surface area contributed by atoms with Crippen LogP contribution in [0.2, 0.25) is 0 Å². The third-order valence-electron chi connectivity index (χ3n) is 2.26. The number of halogens is 1. The molecule has 0 fully saturated rings. The molecule has 13 heavy (non-hydrogen) atoms. The third kappa shape index (κ3) is 2.81. The minimum Gasteiger partial charge on any atom is -0.300 e. The standard InChI is InChI=1S/C11H16FN/c1-9(2)13(3)8-10-6-4-5-7-11(10)12/h4-7,9H,8H2,1-3H3. The molecule has 0 radical (unpaired) electrons. The first-order chi connectivity index (χ1) is 6.11. The average Bonchev–Trinajstić information content (AvgIpc) is 2.08. The molecule has 0 aliphatic carbocycles. The van der Waals surface area contributed by atoms with Crippen LogP contribution in [-0.2, 0) is 6.54 Å². The van der Waals surface area contributed by atoms with Crippen molar-refractivity contribution in [2.75, 3.05) is 7.05 Å². The van der Waals surface area contributed by atoms with Crippen LogP contribution < -0.4 is 0 Å². The Morgan fingerprint density at radius 3 is 2.46 bits per heavy atom. The fourth-order valence-electron chi connectivity index (χ4n) is 1.08. The second kappa shape index (κ2) is 4.38. The topological polar surface area (TPSA) is 3.24 Å². The summed E-state index contributed by atoms with van der Waals surface area (Å²) in [7, 11) is 2.00. The normalized spacial score (nSPS) is 11.2. The second-order valence-electron chi connectivity index (χ2n) is 3.60. The van der Waals surface area contributed by atoms with Crippen LogP contribution in [0.5, 0.6) is 0 Å². The lowest BCUT2D eigenvalue weighted by atomic mass is 10.2. The molecule has 0 aliphatic heterocycles. The lowest BCUT2D eigenvalue weighted by Gasteiger charge is -2.21. The quantitative estimate of drug-likeness (QED) is 0.693. The highest BCUT2D eigenvalue weighted by atomic mass is 19.1. The van der Waals surface area contributed by atoms with Crippen molar-refractivity contribution in [3.05, 3.63) is 35.6 Å². The van der Waals surface area contributed by atoms with E-state index in [1.165, 1.54) is 6.07 Å². The number of nitrogens with zero attached hydrogens (tertiary/aromatic N) is 1.